The molecule has 31 heavy (non-hydrogen) atoms. The number of hydrogen-bond donors (Lipinski definition) is 1. The molecule has 1 aromatic carbocycles. The van der Waals surface area contributed by atoms with Crippen LogP contribution in [0.3, 0.4) is 0 Å². The van der Waals surface area contributed by atoms with Gasteiger partial charge in [0, 0.05) is 28.0 Å². The average molecular weight is 446 g/mol. The summed E-state index contributed by atoms with van der Waals surface area (Å²) >= 11 is 1.80. The van der Waals surface area contributed by atoms with Gasteiger partial charge in [-0.05, 0) is 68.5 Å². The van der Waals surface area contributed by atoms with Gasteiger partial charge in [0.05, 0.1) is 18.2 Å². The number of aryl methyl sites for hydroxylation is 1. The summed E-state index contributed by atoms with van der Waals surface area (Å²) in [6.07, 6.45) is 1.97. The Balaban J connectivity index is 1.50. The fourth-order valence-corrected chi connectivity index (χ4v) is 5.98. The quantitative estimate of drug-likeness (QED) is 0.453. The number of aromatic nitrogens is 1. The monoisotopic (exact) mass is 445 g/mol. The van der Waals surface area contributed by atoms with Gasteiger partial charge in [-0.2, -0.15) is 13.2 Å². The summed E-state index contributed by atoms with van der Waals surface area (Å²) in [6, 6.07) is 8.12. The highest BCUT2D eigenvalue weighted by atomic mass is 32.1. The van der Waals surface area contributed by atoms with Gasteiger partial charge in [-0.25, -0.2) is 4.79 Å². The summed E-state index contributed by atoms with van der Waals surface area (Å²) in [5, 5.41) is 3.85. The Morgan fingerprint density at radius 3 is 2.74 bits per heavy atom. The molecule has 0 bridgehead atoms. The van der Waals surface area contributed by atoms with E-state index in [1.54, 1.807) is 16.2 Å². The molecule has 2 aliphatic rings. The van der Waals surface area contributed by atoms with Crippen LogP contribution in [0.15, 0.2) is 42.6 Å². The Kier molecular flexibility index (Phi) is 4.84. The zero-order chi connectivity index (χ0) is 21.8. The van der Waals surface area contributed by atoms with Crippen molar-refractivity contribution in [2.24, 2.45) is 0 Å². The topological polar surface area (TPSA) is 37.3 Å². The molecular weight excluding hydrogens is 423 g/mol. The van der Waals surface area contributed by atoms with Gasteiger partial charge < -0.3 is 14.8 Å². The molecule has 1 unspecified atom stereocenters. The van der Waals surface area contributed by atoms with Crippen LogP contribution in [0.4, 0.5) is 23.7 Å². The molecule has 0 fully saturated rings. The van der Waals surface area contributed by atoms with Crippen molar-refractivity contribution >= 4 is 23.1 Å². The largest absolute Gasteiger partial charge is 0.416 e. The summed E-state index contributed by atoms with van der Waals surface area (Å²) in [5.41, 5.74) is 2.87. The Hall–Kier alpha value is -2.74. The first-order chi connectivity index (χ1) is 14.8. The molecule has 1 aliphatic heterocycles. The summed E-state index contributed by atoms with van der Waals surface area (Å²) in [7, 11) is 0. The summed E-state index contributed by atoms with van der Waals surface area (Å²) in [6.45, 7) is 2.40. The van der Waals surface area contributed by atoms with Crippen molar-refractivity contribution in [3.63, 3.8) is 0 Å². The van der Waals surface area contributed by atoms with E-state index in [0.717, 1.165) is 42.1 Å². The minimum atomic E-state index is -4.46. The fraction of sp³-hybridized carbons (Fsp3) is 0.348. The molecule has 0 saturated carbocycles. The van der Waals surface area contributed by atoms with Crippen LogP contribution in [0.25, 0.3) is 5.00 Å². The van der Waals surface area contributed by atoms with Gasteiger partial charge in [0.1, 0.15) is 5.00 Å². The normalized spacial score (nSPS) is 18.1. The Morgan fingerprint density at radius 2 is 1.94 bits per heavy atom. The third-order valence-electron chi connectivity index (χ3n) is 6.18. The van der Waals surface area contributed by atoms with Crippen LogP contribution in [0.5, 0.6) is 0 Å². The lowest BCUT2D eigenvalue weighted by molar-refractivity contribution is -0.137. The zero-order valence-electron chi connectivity index (χ0n) is 17.0. The average Bonchev–Trinajstić information content (AvgIpc) is 3.33. The number of thiophene rings is 1. The van der Waals surface area contributed by atoms with Crippen molar-refractivity contribution in [1.82, 2.24) is 9.47 Å². The van der Waals surface area contributed by atoms with E-state index in [1.807, 2.05) is 25.3 Å². The van der Waals surface area contributed by atoms with Gasteiger partial charge in [0.15, 0.2) is 0 Å². The maximum atomic E-state index is 13.3. The van der Waals surface area contributed by atoms with E-state index < -0.39 is 17.8 Å². The van der Waals surface area contributed by atoms with Gasteiger partial charge in [0.2, 0.25) is 0 Å². The summed E-state index contributed by atoms with van der Waals surface area (Å²) in [5.74, 6) is 0. The molecule has 5 rings (SSSR count). The molecule has 1 N–H and O–H groups in total. The van der Waals surface area contributed by atoms with Gasteiger partial charge in [-0.15, -0.1) is 11.3 Å². The van der Waals surface area contributed by atoms with Crippen molar-refractivity contribution in [3.05, 3.63) is 69.9 Å². The Labute approximate surface area is 182 Å². The van der Waals surface area contributed by atoms with Crippen molar-refractivity contribution < 1.29 is 18.0 Å². The minimum Gasteiger partial charge on any atom is -0.312 e. The SMILES string of the molecule is CC1c2cccn2-c2sc3c(c2CN1C(=O)Nc1cccc(C(F)(F)F)c1)CCCC3. The predicted octanol–water partition coefficient (Wildman–Crippen LogP) is 6.55. The molecule has 2 aromatic heterocycles. The summed E-state index contributed by atoms with van der Waals surface area (Å²) < 4.78 is 41.4. The van der Waals surface area contributed by atoms with Crippen LogP contribution in [0.1, 0.15) is 53.1 Å². The standard InChI is InChI=1S/C23H22F3N3OS/c1-14-19-9-5-11-28(19)21-18(17-8-2-3-10-20(17)31-21)13-29(14)22(30)27-16-7-4-6-15(12-16)23(24,25)26/h4-7,9,11-12,14H,2-3,8,10,13H2,1H3,(H,27,30). The molecule has 0 saturated heterocycles. The van der Waals surface area contributed by atoms with E-state index in [4.69, 9.17) is 0 Å². The van der Waals surface area contributed by atoms with E-state index in [1.165, 1.54) is 34.6 Å². The lowest BCUT2D eigenvalue weighted by Gasteiger charge is -2.28. The van der Waals surface area contributed by atoms with E-state index in [0.29, 0.717) is 6.54 Å². The Bertz CT molecular complexity index is 1150. The first-order valence-electron chi connectivity index (χ1n) is 10.4. The number of rotatable bonds is 1. The molecule has 0 spiro atoms. The molecule has 3 aromatic rings. The highest BCUT2D eigenvalue weighted by Crippen LogP contribution is 2.42. The van der Waals surface area contributed by atoms with Crippen LogP contribution >= 0.6 is 11.3 Å². The van der Waals surface area contributed by atoms with Crippen LogP contribution in [-0.2, 0) is 25.6 Å². The smallest absolute Gasteiger partial charge is 0.312 e. The number of hydrogen-bond acceptors (Lipinski definition) is 2. The molecule has 8 heteroatoms. The van der Waals surface area contributed by atoms with E-state index in [2.05, 4.69) is 9.88 Å². The molecular formula is C23H22F3N3OS. The number of nitrogens with zero attached hydrogens (tertiary/aromatic N) is 2. The molecule has 1 atom stereocenters. The number of amides is 2. The number of urea groups is 1. The van der Waals surface area contributed by atoms with Crippen LogP contribution in [0, 0.1) is 0 Å². The number of fused-ring (bicyclic) bond motifs is 5. The second kappa shape index (κ2) is 7.44. The first-order valence-corrected chi connectivity index (χ1v) is 11.2. The van der Waals surface area contributed by atoms with Gasteiger partial charge in [-0.3, -0.25) is 0 Å². The van der Waals surface area contributed by atoms with Crippen molar-refractivity contribution in [2.45, 2.75) is 51.4 Å². The van der Waals surface area contributed by atoms with E-state index in [9.17, 15) is 18.0 Å². The molecule has 4 nitrogen and oxygen atoms in total. The maximum Gasteiger partial charge on any atom is 0.416 e. The summed E-state index contributed by atoms with van der Waals surface area (Å²) in [4.78, 5) is 16.4. The Morgan fingerprint density at radius 1 is 1.13 bits per heavy atom. The van der Waals surface area contributed by atoms with E-state index >= 15 is 0 Å². The van der Waals surface area contributed by atoms with Gasteiger partial charge in [-0.1, -0.05) is 6.07 Å². The number of halogens is 3. The number of carbonyl (C=O) groups excluding carboxylic acids is 1. The third-order valence-corrected chi connectivity index (χ3v) is 7.52. The third kappa shape index (κ3) is 3.52. The van der Waals surface area contributed by atoms with Crippen molar-refractivity contribution in [2.75, 3.05) is 5.32 Å². The second-order valence-electron chi connectivity index (χ2n) is 8.11. The number of nitrogens with one attached hydrogen (secondary N) is 1. The van der Waals surface area contributed by atoms with Crippen molar-refractivity contribution in [3.8, 4) is 5.00 Å². The lowest BCUT2D eigenvalue weighted by Crippen LogP contribution is -2.36. The van der Waals surface area contributed by atoms with Crippen LogP contribution < -0.4 is 5.32 Å². The molecule has 0 radical (unpaired) electrons. The lowest BCUT2D eigenvalue weighted by atomic mass is 9.95. The van der Waals surface area contributed by atoms with Gasteiger partial charge >= 0.3 is 12.2 Å². The fourth-order valence-electron chi connectivity index (χ4n) is 4.58. The number of anilines is 1. The maximum absolute atomic E-state index is 13.3. The highest BCUT2D eigenvalue weighted by molar-refractivity contribution is 7.15. The minimum absolute atomic E-state index is 0.138. The number of benzene rings is 1. The predicted molar refractivity (Wildman–Crippen MR) is 115 cm³/mol. The highest BCUT2D eigenvalue weighted by Gasteiger charge is 2.34. The van der Waals surface area contributed by atoms with Gasteiger partial charge in [0.25, 0.3) is 0 Å². The van der Waals surface area contributed by atoms with Crippen LogP contribution in [-0.4, -0.2) is 15.5 Å². The second-order valence-corrected chi connectivity index (χ2v) is 9.19. The zero-order valence-corrected chi connectivity index (χ0v) is 17.8. The molecule has 162 valence electrons. The molecule has 1 aliphatic carbocycles. The van der Waals surface area contributed by atoms with Crippen molar-refractivity contribution in [1.29, 1.82) is 0 Å². The van der Waals surface area contributed by atoms with Crippen LogP contribution in [0.2, 0.25) is 0 Å². The molecule has 2 amide bonds. The number of alkyl halides is 3. The first kappa shape index (κ1) is 20.2. The number of carbonyl (C=O) groups is 1. The van der Waals surface area contributed by atoms with E-state index in [-0.39, 0.29) is 11.7 Å². The molecule has 3 heterocycles.